The number of benzene rings is 1. The second-order valence-electron chi connectivity index (χ2n) is 3.67. The number of amides is 1. The Labute approximate surface area is 109 Å². The van der Waals surface area contributed by atoms with Crippen molar-refractivity contribution in [1.29, 1.82) is 0 Å². The third-order valence-corrected chi connectivity index (χ3v) is 2.69. The molecular formula is C13H10ClFN2O. The van der Waals surface area contributed by atoms with Crippen molar-refractivity contribution in [2.75, 3.05) is 11.9 Å². The molecule has 0 saturated carbocycles. The Morgan fingerprint density at radius 1 is 1.33 bits per heavy atom. The Hall–Kier alpha value is -1.94. The van der Waals surface area contributed by atoms with E-state index >= 15 is 0 Å². The standard InChI is InChI=1S/C13H10ClFN2O/c1-17(12-5-3-2-4-10(12)15)13(18)11-8-9(14)6-7-16-11/h2-8H,1H3. The van der Waals surface area contributed by atoms with E-state index in [0.717, 1.165) is 0 Å². The first kappa shape index (κ1) is 12.5. The van der Waals surface area contributed by atoms with Crippen molar-refractivity contribution >= 4 is 23.2 Å². The van der Waals surface area contributed by atoms with E-state index in [9.17, 15) is 9.18 Å². The number of pyridine rings is 1. The van der Waals surface area contributed by atoms with Crippen molar-refractivity contribution in [3.8, 4) is 0 Å². The number of halogens is 2. The number of rotatable bonds is 2. The summed E-state index contributed by atoms with van der Waals surface area (Å²) >= 11 is 5.79. The molecule has 0 aliphatic heterocycles. The van der Waals surface area contributed by atoms with Crippen LogP contribution in [-0.2, 0) is 0 Å². The van der Waals surface area contributed by atoms with E-state index in [1.54, 1.807) is 18.2 Å². The lowest BCUT2D eigenvalue weighted by molar-refractivity contribution is 0.0987. The normalized spacial score (nSPS) is 10.2. The van der Waals surface area contributed by atoms with Crippen molar-refractivity contribution in [3.63, 3.8) is 0 Å². The maximum absolute atomic E-state index is 13.6. The monoisotopic (exact) mass is 264 g/mol. The molecular weight excluding hydrogens is 255 g/mol. The second kappa shape index (κ2) is 5.14. The van der Waals surface area contributed by atoms with Gasteiger partial charge in [0.2, 0.25) is 0 Å². The average Bonchev–Trinajstić information content (AvgIpc) is 2.37. The Balaban J connectivity index is 2.32. The molecule has 0 aliphatic carbocycles. The van der Waals surface area contributed by atoms with Crippen LogP contribution in [0.15, 0.2) is 42.6 Å². The van der Waals surface area contributed by atoms with Crippen LogP contribution < -0.4 is 4.90 Å². The van der Waals surface area contributed by atoms with Gasteiger partial charge in [0.05, 0.1) is 5.69 Å². The van der Waals surface area contributed by atoms with Gasteiger partial charge in [-0.2, -0.15) is 0 Å². The zero-order chi connectivity index (χ0) is 13.1. The maximum Gasteiger partial charge on any atom is 0.276 e. The predicted molar refractivity (Wildman–Crippen MR) is 68.4 cm³/mol. The number of nitrogens with zero attached hydrogens (tertiary/aromatic N) is 2. The lowest BCUT2D eigenvalue weighted by Gasteiger charge is -2.17. The Morgan fingerprint density at radius 2 is 2.06 bits per heavy atom. The molecule has 2 aromatic rings. The van der Waals surface area contributed by atoms with E-state index in [-0.39, 0.29) is 11.4 Å². The van der Waals surface area contributed by atoms with E-state index in [1.807, 2.05) is 0 Å². The zero-order valence-electron chi connectivity index (χ0n) is 9.60. The van der Waals surface area contributed by atoms with Gasteiger partial charge in [0.15, 0.2) is 0 Å². The topological polar surface area (TPSA) is 33.2 Å². The van der Waals surface area contributed by atoms with Crippen LogP contribution in [0.4, 0.5) is 10.1 Å². The summed E-state index contributed by atoms with van der Waals surface area (Å²) < 4.78 is 13.6. The largest absolute Gasteiger partial charge is 0.307 e. The van der Waals surface area contributed by atoms with Crippen molar-refractivity contribution in [2.24, 2.45) is 0 Å². The number of hydrogen-bond acceptors (Lipinski definition) is 2. The van der Waals surface area contributed by atoms with Crippen LogP contribution >= 0.6 is 11.6 Å². The van der Waals surface area contributed by atoms with Crippen LogP contribution in [0.3, 0.4) is 0 Å². The fourth-order valence-electron chi connectivity index (χ4n) is 1.53. The molecule has 1 heterocycles. The van der Waals surface area contributed by atoms with E-state index in [2.05, 4.69) is 4.98 Å². The zero-order valence-corrected chi connectivity index (χ0v) is 10.4. The van der Waals surface area contributed by atoms with Gasteiger partial charge in [0, 0.05) is 18.3 Å². The number of hydrogen-bond donors (Lipinski definition) is 0. The highest BCUT2D eigenvalue weighted by molar-refractivity contribution is 6.31. The number of para-hydroxylation sites is 1. The first-order chi connectivity index (χ1) is 8.59. The molecule has 0 radical (unpaired) electrons. The highest BCUT2D eigenvalue weighted by Gasteiger charge is 2.17. The molecule has 1 aromatic heterocycles. The van der Waals surface area contributed by atoms with Gasteiger partial charge in [-0.25, -0.2) is 4.39 Å². The van der Waals surface area contributed by atoms with Gasteiger partial charge < -0.3 is 4.90 Å². The summed E-state index contributed by atoms with van der Waals surface area (Å²) in [5.74, 6) is -0.877. The molecule has 5 heteroatoms. The first-order valence-corrected chi connectivity index (χ1v) is 5.61. The van der Waals surface area contributed by atoms with Crippen molar-refractivity contribution in [3.05, 3.63) is 59.1 Å². The van der Waals surface area contributed by atoms with Crippen LogP contribution in [0.1, 0.15) is 10.5 Å². The molecule has 0 spiro atoms. The Kier molecular flexibility index (Phi) is 3.58. The molecule has 0 N–H and O–H groups in total. The van der Waals surface area contributed by atoms with Gasteiger partial charge in [-0.1, -0.05) is 23.7 Å². The molecule has 3 nitrogen and oxygen atoms in total. The molecule has 2 rings (SSSR count). The fraction of sp³-hybridized carbons (Fsp3) is 0.0769. The Bertz CT molecular complexity index is 589. The highest BCUT2D eigenvalue weighted by atomic mass is 35.5. The van der Waals surface area contributed by atoms with Gasteiger partial charge >= 0.3 is 0 Å². The van der Waals surface area contributed by atoms with E-state index in [0.29, 0.717) is 5.02 Å². The quantitative estimate of drug-likeness (QED) is 0.835. The van der Waals surface area contributed by atoms with E-state index in [1.165, 1.54) is 36.3 Å². The average molecular weight is 265 g/mol. The van der Waals surface area contributed by atoms with E-state index < -0.39 is 11.7 Å². The summed E-state index contributed by atoms with van der Waals surface area (Å²) in [4.78, 5) is 17.2. The molecule has 0 aliphatic rings. The fourth-order valence-corrected chi connectivity index (χ4v) is 1.69. The predicted octanol–water partition coefficient (Wildman–Crippen LogP) is 3.15. The minimum absolute atomic E-state index is 0.174. The molecule has 0 atom stereocenters. The maximum atomic E-state index is 13.6. The van der Waals surface area contributed by atoms with Gasteiger partial charge in [-0.15, -0.1) is 0 Å². The van der Waals surface area contributed by atoms with Crippen LogP contribution in [0.2, 0.25) is 5.02 Å². The molecule has 0 saturated heterocycles. The summed E-state index contributed by atoms with van der Waals surface area (Å²) in [6, 6.07) is 9.06. The minimum atomic E-state index is -0.463. The van der Waals surface area contributed by atoms with Gasteiger partial charge in [0.25, 0.3) is 5.91 Å². The summed E-state index contributed by atoms with van der Waals surface area (Å²) in [5, 5.41) is 0.412. The second-order valence-corrected chi connectivity index (χ2v) is 4.11. The third-order valence-electron chi connectivity index (χ3n) is 2.46. The molecule has 1 amide bonds. The van der Waals surface area contributed by atoms with Crippen LogP contribution in [0.25, 0.3) is 0 Å². The summed E-state index contributed by atoms with van der Waals surface area (Å²) in [6.07, 6.45) is 1.44. The SMILES string of the molecule is CN(C(=O)c1cc(Cl)ccn1)c1ccccc1F. The van der Waals surface area contributed by atoms with Crippen molar-refractivity contribution < 1.29 is 9.18 Å². The highest BCUT2D eigenvalue weighted by Crippen LogP contribution is 2.19. The van der Waals surface area contributed by atoms with Crippen LogP contribution in [-0.4, -0.2) is 17.9 Å². The Morgan fingerprint density at radius 3 is 2.72 bits per heavy atom. The molecule has 92 valence electrons. The third kappa shape index (κ3) is 2.49. The molecule has 1 aromatic carbocycles. The van der Waals surface area contributed by atoms with Crippen LogP contribution in [0.5, 0.6) is 0 Å². The lowest BCUT2D eigenvalue weighted by Crippen LogP contribution is -2.27. The number of aromatic nitrogens is 1. The molecule has 0 fully saturated rings. The van der Waals surface area contributed by atoms with E-state index in [4.69, 9.17) is 11.6 Å². The molecule has 18 heavy (non-hydrogen) atoms. The molecule has 0 bridgehead atoms. The van der Waals surface area contributed by atoms with Crippen molar-refractivity contribution in [2.45, 2.75) is 0 Å². The smallest absolute Gasteiger partial charge is 0.276 e. The lowest BCUT2D eigenvalue weighted by atomic mass is 10.2. The number of carbonyl (C=O) groups excluding carboxylic acids is 1. The van der Waals surface area contributed by atoms with Crippen molar-refractivity contribution in [1.82, 2.24) is 4.98 Å². The van der Waals surface area contributed by atoms with Gasteiger partial charge in [-0.3, -0.25) is 9.78 Å². The first-order valence-electron chi connectivity index (χ1n) is 5.24. The summed E-state index contributed by atoms with van der Waals surface area (Å²) in [5.41, 5.74) is 0.373. The number of anilines is 1. The van der Waals surface area contributed by atoms with Gasteiger partial charge in [0.1, 0.15) is 11.5 Å². The van der Waals surface area contributed by atoms with Crippen LogP contribution in [0, 0.1) is 5.82 Å². The summed E-state index contributed by atoms with van der Waals surface area (Å²) in [6.45, 7) is 0. The van der Waals surface area contributed by atoms with Gasteiger partial charge in [-0.05, 0) is 24.3 Å². The summed E-state index contributed by atoms with van der Waals surface area (Å²) in [7, 11) is 1.49. The molecule has 0 unspecified atom stereocenters. The number of carbonyl (C=O) groups is 1. The minimum Gasteiger partial charge on any atom is -0.307 e.